The van der Waals surface area contributed by atoms with Crippen molar-refractivity contribution in [2.24, 2.45) is 0 Å². The largest absolute Gasteiger partial charge is 0.456 e. The molecule has 3 aliphatic rings. The zero-order valence-electron chi connectivity index (χ0n) is 34.4. The molecule has 2 nitrogen and oxygen atoms in total. The quantitative estimate of drug-likeness (QED) is 0.178. The first-order valence-corrected chi connectivity index (χ1v) is 21.0. The van der Waals surface area contributed by atoms with Gasteiger partial charge in [-0.1, -0.05) is 133 Å². The van der Waals surface area contributed by atoms with Gasteiger partial charge in [0.15, 0.2) is 0 Å². The first kappa shape index (κ1) is 34.4. The predicted octanol–water partition coefficient (Wildman–Crippen LogP) is 15.6. The maximum Gasteiger partial charge on any atom is 0.135 e. The van der Waals surface area contributed by atoms with Crippen molar-refractivity contribution in [2.75, 3.05) is 4.90 Å². The van der Waals surface area contributed by atoms with Crippen LogP contribution in [0, 0.1) is 0 Å². The number of rotatable bonds is 4. The Hall–Kier alpha value is -6.64. The van der Waals surface area contributed by atoms with Gasteiger partial charge in [0.1, 0.15) is 11.3 Å². The summed E-state index contributed by atoms with van der Waals surface area (Å²) in [5.41, 5.74) is 21.6. The van der Waals surface area contributed by atoms with E-state index in [0.29, 0.717) is 0 Å². The van der Waals surface area contributed by atoms with Gasteiger partial charge in [-0.3, -0.25) is 0 Å². The summed E-state index contributed by atoms with van der Waals surface area (Å²) in [6, 6.07) is 60.9. The second-order valence-corrected chi connectivity index (χ2v) is 18.6. The molecule has 0 bridgehead atoms. The first-order chi connectivity index (χ1) is 28.5. The molecule has 1 aromatic heterocycles. The third-order valence-electron chi connectivity index (χ3n) is 14.2. The molecule has 59 heavy (non-hydrogen) atoms. The van der Waals surface area contributed by atoms with E-state index in [-0.39, 0.29) is 16.2 Å². The van der Waals surface area contributed by atoms with Crippen molar-refractivity contribution in [3.63, 3.8) is 0 Å². The summed E-state index contributed by atoms with van der Waals surface area (Å²) in [6.07, 6.45) is 0. The summed E-state index contributed by atoms with van der Waals surface area (Å²) in [5.74, 6) is 0.921. The summed E-state index contributed by atoms with van der Waals surface area (Å²) in [4.78, 5) is 2.43. The normalized spacial score (nSPS) is 15.7. The van der Waals surface area contributed by atoms with Gasteiger partial charge in [0.2, 0.25) is 0 Å². The van der Waals surface area contributed by atoms with Crippen LogP contribution in [0.25, 0.3) is 66.4 Å². The van der Waals surface area contributed by atoms with Crippen molar-refractivity contribution in [1.29, 1.82) is 0 Å². The van der Waals surface area contributed by atoms with Crippen LogP contribution < -0.4 is 4.90 Å². The van der Waals surface area contributed by atoms with Gasteiger partial charge in [-0.2, -0.15) is 0 Å². The number of nitrogens with zero attached hydrogens (tertiary/aromatic N) is 1. The van der Waals surface area contributed by atoms with Crippen LogP contribution in [0.15, 0.2) is 168 Å². The lowest BCUT2D eigenvalue weighted by Crippen LogP contribution is -2.18. The predicted molar refractivity (Wildman–Crippen MR) is 247 cm³/mol. The highest BCUT2D eigenvalue weighted by Gasteiger charge is 2.45. The average Bonchev–Trinajstić information content (AvgIpc) is 3.92. The van der Waals surface area contributed by atoms with Crippen LogP contribution in [0.2, 0.25) is 0 Å². The lowest BCUT2D eigenvalue weighted by atomic mass is 9.78. The van der Waals surface area contributed by atoms with E-state index < -0.39 is 0 Å². The van der Waals surface area contributed by atoms with Crippen molar-refractivity contribution in [1.82, 2.24) is 0 Å². The zero-order valence-corrected chi connectivity index (χ0v) is 34.4. The average molecular weight is 760 g/mol. The van der Waals surface area contributed by atoms with Crippen molar-refractivity contribution in [3.05, 3.63) is 197 Å². The molecule has 0 radical (unpaired) electrons. The number of anilines is 3. The molecule has 3 aliphatic carbocycles. The van der Waals surface area contributed by atoms with E-state index in [9.17, 15) is 0 Å². The molecule has 0 spiro atoms. The Morgan fingerprint density at radius 3 is 1.53 bits per heavy atom. The fourth-order valence-electron chi connectivity index (χ4n) is 11.0. The monoisotopic (exact) mass is 759 g/mol. The zero-order chi connectivity index (χ0) is 40.0. The van der Waals surface area contributed by atoms with E-state index in [1.165, 1.54) is 88.9 Å². The minimum Gasteiger partial charge on any atom is -0.456 e. The molecule has 0 N–H and O–H groups in total. The number of benzene rings is 8. The Balaban J connectivity index is 0.966. The molecule has 0 fully saturated rings. The van der Waals surface area contributed by atoms with Crippen LogP contribution in [0.4, 0.5) is 17.1 Å². The van der Waals surface area contributed by atoms with Crippen molar-refractivity contribution in [2.45, 2.75) is 57.8 Å². The standard InChI is InChI=1S/C57H45NO/c1-55(2)46-27-36(54-28-35-16-11-13-22-53(35)59-54)23-25-40(46)42-30-50-44(32-48(42)55)45-33-49-43(31-51(45)57(50,5)6)41-26-24-38(29-47(41)56(49,3)4)58(37-18-8-7-9-19-37)52-21-14-17-34-15-10-12-20-39(34)52/h7-33H,1-6H3. The molecular weight excluding hydrogens is 715 g/mol. The maximum absolute atomic E-state index is 6.34. The van der Waals surface area contributed by atoms with E-state index in [1.54, 1.807) is 0 Å². The molecule has 1 heterocycles. The van der Waals surface area contributed by atoms with Crippen molar-refractivity contribution >= 4 is 38.8 Å². The molecule has 0 saturated heterocycles. The van der Waals surface area contributed by atoms with Gasteiger partial charge in [0, 0.05) is 44.0 Å². The van der Waals surface area contributed by atoms with Crippen LogP contribution in [0.1, 0.15) is 74.9 Å². The topological polar surface area (TPSA) is 16.4 Å². The van der Waals surface area contributed by atoms with Crippen molar-refractivity contribution < 1.29 is 4.42 Å². The molecule has 8 aromatic carbocycles. The lowest BCUT2D eigenvalue weighted by molar-refractivity contribution is 0.630. The van der Waals surface area contributed by atoms with Gasteiger partial charge < -0.3 is 9.32 Å². The smallest absolute Gasteiger partial charge is 0.135 e. The SMILES string of the molecule is CC1(C)c2cc(-c3cc4ccccc4o3)ccc2-c2cc3c(cc21)-c1cc2c(cc1C3(C)C)-c1ccc(N(c3ccccc3)c3cccc4ccccc34)cc1C2(C)C. The fraction of sp³-hybridized carbons (Fsp3) is 0.158. The fourth-order valence-corrected chi connectivity index (χ4v) is 11.0. The third kappa shape index (κ3) is 4.69. The van der Waals surface area contributed by atoms with Crippen LogP contribution in [0.3, 0.4) is 0 Å². The highest BCUT2D eigenvalue weighted by molar-refractivity contribution is 6.00. The van der Waals surface area contributed by atoms with E-state index in [2.05, 4.69) is 198 Å². The minimum atomic E-state index is -0.191. The van der Waals surface area contributed by atoms with E-state index >= 15 is 0 Å². The Labute approximate surface area is 346 Å². The number of fused-ring (bicyclic) bond motifs is 11. The lowest BCUT2D eigenvalue weighted by Gasteiger charge is -2.29. The number of hydrogen-bond acceptors (Lipinski definition) is 2. The number of hydrogen-bond donors (Lipinski definition) is 0. The highest BCUT2D eigenvalue weighted by atomic mass is 16.3. The maximum atomic E-state index is 6.34. The van der Waals surface area contributed by atoms with Crippen LogP contribution in [0.5, 0.6) is 0 Å². The number of para-hydroxylation sites is 2. The molecule has 0 amide bonds. The second kappa shape index (κ2) is 11.7. The van der Waals surface area contributed by atoms with Gasteiger partial charge >= 0.3 is 0 Å². The number of furan rings is 1. The van der Waals surface area contributed by atoms with E-state index in [0.717, 1.165) is 28.0 Å². The molecule has 0 aliphatic heterocycles. The summed E-state index contributed by atoms with van der Waals surface area (Å²) < 4.78 is 6.34. The van der Waals surface area contributed by atoms with Gasteiger partial charge in [0.25, 0.3) is 0 Å². The third-order valence-corrected chi connectivity index (χ3v) is 14.2. The summed E-state index contributed by atoms with van der Waals surface area (Å²) in [6.45, 7) is 14.5. The molecule has 0 unspecified atom stereocenters. The Morgan fingerprint density at radius 2 is 0.881 bits per heavy atom. The summed E-state index contributed by atoms with van der Waals surface area (Å²) >= 11 is 0. The van der Waals surface area contributed by atoms with Crippen LogP contribution in [-0.4, -0.2) is 0 Å². The Bertz CT molecular complexity index is 3210. The van der Waals surface area contributed by atoms with Gasteiger partial charge in [-0.25, -0.2) is 0 Å². The van der Waals surface area contributed by atoms with Gasteiger partial charge in [0.05, 0.1) is 5.69 Å². The van der Waals surface area contributed by atoms with Gasteiger partial charge in [-0.15, -0.1) is 0 Å². The molecule has 9 aromatic rings. The second-order valence-electron chi connectivity index (χ2n) is 18.6. The Kier molecular flexibility index (Phi) is 6.84. The minimum absolute atomic E-state index is 0.152. The molecule has 0 atom stereocenters. The summed E-state index contributed by atoms with van der Waals surface area (Å²) in [7, 11) is 0. The van der Waals surface area contributed by atoms with E-state index in [4.69, 9.17) is 4.42 Å². The highest BCUT2D eigenvalue weighted by Crippen LogP contribution is 2.60. The molecular formula is C57H45NO. The summed E-state index contributed by atoms with van der Waals surface area (Å²) in [5, 5.41) is 3.61. The molecule has 12 rings (SSSR count). The Morgan fingerprint density at radius 1 is 0.373 bits per heavy atom. The van der Waals surface area contributed by atoms with Gasteiger partial charge in [-0.05, 0) is 145 Å². The first-order valence-electron chi connectivity index (χ1n) is 21.0. The van der Waals surface area contributed by atoms with Crippen LogP contribution >= 0.6 is 0 Å². The van der Waals surface area contributed by atoms with E-state index in [1.807, 2.05) is 12.1 Å². The molecule has 284 valence electrons. The molecule has 0 saturated carbocycles. The van der Waals surface area contributed by atoms with Crippen molar-refractivity contribution in [3.8, 4) is 44.7 Å². The molecule has 2 heteroatoms. The van der Waals surface area contributed by atoms with Crippen LogP contribution in [-0.2, 0) is 16.2 Å².